The van der Waals surface area contributed by atoms with Gasteiger partial charge in [0.2, 0.25) is 17.1 Å². The maximum Gasteiger partial charge on any atom is 0.227 e. The Balaban J connectivity index is 1.59. The number of carbonyl (C=O) groups is 1. The van der Waals surface area contributed by atoms with Gasteiger partial charge in [-0.15, -0.1) is 0 Å². The van der Waals surface area contributed by atoms with Crippen LogP contribution in [0.1, 0.15) is 53.9 Å². The number of rotatable bonds is 10. The van der Waals surface area contributed by atoms with Gasteiger partial charge in [-0.1, -0.05) is 18.2 Å². The van der Waals surface area contributed by atoms with E-state index in [1.807, 2.05) is 24.3 Å². The lowest BCUT2D eigenvalue weighted by Crippen LogP contribution is -2.37. The molecule has 2 unspecified atom stereocenters. The Morgan fingerprint density at radius 1 is 1.03 bits per heavy atom. The summed E-state index contributed by atoms with van der Waals surface area (Å²) in [5.74, 6) is -0.403. The number of aromatic hydroxyl groups is 2. The Morgan fingerprint density at radius 2 is 1.71 bits per heavy atom. The van der Waals surface area contributed by atoms with Gasteiger partial charge in [-0.2, -0.15) is 0 Å². The van der Waals surface area contributed by atoms with Gasteiger partial charge in [0, 0.05) is 19.0 Å². The van der Waals surface area contributed by atoms with Crippen molar-refractivity contribution in [2.45, 2.75) is 38.1 Å². The maximum atomic E-state index is 13.3. The number of nitrogens with zero attached hydrogens (tertiary/aromatic N) is 1. The minimum Gasteiger partial charge on any atom is -0.504 e. The van der Waals surface area contributed by atoms with Gasteiger partial charge in [-0.3, -0.25) is 14.5 Å². The molecule has 1 aromatic heterocycles. The van der Waals surface area contributed by atoms with Crippen molar-refractivity contribution in [2.75, 3.05) is 33.9 Å². The van der Waals surface area contributed by atoms with Crippen molar-refractivity contribution in [3.63, 3.8) is 0 Å². The molecule has 38 heavy (non-hydrogen) atoms. The second-order valence-electron chi connectivity index (χ2n) is 9.46. The Labute approximate surface area is 221 Å². The number of ether oxygens (including phenoxy) is 2. The number of methoxy groups -OCH3 is 2. The largest absolute Gasteiger partial charge is 0.504 e. The highest BCUT2D eigenvalue weighted by Gasteiger charge is 2.28. The van der Waals surface area contributed by atoms with Crippen molar-refractivity contribution in [1.29, 1.82) is 0 Å². The van der Waals surface area contributed by atoms with Gasteiger partial charge in [0.1, 0.15) is 11.5 Å². The number of amides is 1. The van der Waals surface area contributed by atoms with Gasteiger partial charge in [0.25, 0.3) is 0 Å². The van der Waals surface area contributed by atoms with Gasteiger partial charge >= 0.3 is 0 Å². The van der Waals surface area contributed by atoms with E-state index in [0.717, 1.165) is 37.2 Å². The number of likely N-dealkylation sites (tertiary alicyclic amines) is 1. The van der Waals surface area contributed by atoms with Crippen LogP contribution in [0.25, 0.3) is 0 Å². The van der Waals surface area contributed by atoms with Crippen LogP contribution in [0.4, 0.5) is 0 Å². The van der Waals surface area contributed by atoms with E-state index in [2.05, 4.69) is 10.2 Å². The first-order valence-electron chi connectivity index (χ1n) is 12.7. The molecule has 0 saturated carbocycles. The molecule has 0 aliphatic carbocycles. The summed E-state index contributed by atoms with van der Waals surface area (Å²) in [6.07, 6.45) is 2.12. The molecule has 0 spiro atoms. The number of hydrogen-bond acceptors (Lipinski definition) is 8. The zero-order chi connectivity index (χ0) is 27.2. The summed E-state index contributed by atoms with van der Waals surface area (Å²) in [4.78, 5) is 28.0. The third-order valence-electron chi connectivity index (χ3n) is 6.96. The first-order chi connectivity index (χ1) is 18.3. The number of carbonyl (C=O) groups excluding carboxylic acids is 1. The predicted molar refractivity (Wildman–Crippen MR) is 142 cm³/mol. The molecule has 1 aliphatic heterocycles. The van der Waals surface area contributed by atoms with E-state index < -0.39 is 17.1 Å². The Morgan fingerprint density at radius 3 is 2.37 bits per heavy atom. The van der Waals surface area contributed by atoms with Gasteiger partial charge < -0.3 is 29.4 Å². The van der Waals surface area contributed by atoms with Gasteiger partial charge in [-0.25, -0.2) is 0 Å². The minimum absolute atomic E-state index is 0.00937. The van der Waals surface area contributed by atoms with Gasteiger partial charge in [0.15, 0.2) is 17.3 Å². The van der Waals surface area contributed by atoms with Crippen molar-refractivity contribution < 1.29 is 28.9 Å². The highest BCUT2D eigenvalue weighted by Crippen LogP contribution is 2.37. The molecule has 0 radical (unpaired) electrons. The first-order valence-corrected chi connectivity index (χ1v) is 12.7. The highest BCUT2D eigenvalue weighted by atomic mass is 16.5. The lowest BCUT2D eigenvalue weighted by Gasteiger charge is -2.28. The molecule has 4 rings (SSSR count). The molecule has 2 heterocycles. The van der Waals surface area contributed by atoms with Crippen molar-refractivity contribution in [2.24, 2.45) is 0 Å². The Bertz CT molecular complexity index is 1310. The molecule has 1 saturated heterocycles. The van der Waals surface area contributed by atoms with E-state index in [9.17, 15) is 19.8 Å². The number of benzene rings is 2. The fourth-order valence-electron chi connectivity index (χ4n) is 4.94. The molecule has 202 valence electrons. The van der Waals surface area contributed by atoms with Crippen molar-refractivity contribution in [3.8, 4) is 23.0 Å². The van der Waals surface area contributed by atoms with Crippen LogP contribution < -0.4 is 20.2 Å². The third kappa shape index (κ3) is 6.11. The minimum atomic E-state index is -0.789. The molecule has 9 heteroatoms. The lowest BCUT2D eigenvalue weighted by atomic mass is 9.91. The van der Waals surface area contributed by atoms with Crippen LogP contribution in [0.3, 0.4) is 0 Å². The molecule has 9 nitrogen and oxygen atoms in total. The summed E-state index contributed by atoms with van der Waals surface area (Å²) in [7, 11) is 3.05. The molecular weight excluding hydrogens is 488 g/mol. The van der Waals surface area contributed by atoms with E-state index in [1.54, 1.807) is 26.2 Å². The summed E-state index contributed by atoms with van der Waals surface area (Å²) < 4.78 is 16.3. The normalized spacial score (nSPS) is 15.1. The first kappa shape index (κ1) is 27.1. The number of aryl methyl sites for hydroxylation is 1. The van der Waals surface area contributed by atoms with Crippen LogP contribution in [0.15, 0.2) is 57.7 Å². The Kier molecular flexibility index (Phi) is 8.58. The second-order valence-corrected chi connectivity index (χ2v) is 9.46. The van der Waals surface area contributed by atoms with Crippen molar-refractivity contribution in [1.82, 2.24) is 10.2 Å². The van der Waals surface area contributed by atoms with Crippen LogP contribution in [0.5, 0.6) is 23.0 Å². The van der Waals surface area contributed by atoms with E-state index in [0.29, 0.717) is 17.9 Å². The fourth-order valence-corrected chi connectivity index (χ4v) is 4.94. The summed E-state index contributed by atoms with van der Waals surface area (Å²) in [5, 5.41) is 23.7. The van der Waals surface area contributed by atoms with Crippen LogP contribution in [0, 0.1) is 6.92 Å². The summed E-state index contributed by atoms with van der Waals surface area (Å²) in [5.41, 5.74) is 1.04. The molecule has 1 aliphatic rings. The molecule has 1 fully saturated rings. The maximum absolute atomic E-state index is 13.3. The van der Waals surface area contributed by atoms with E-state index in [1.165, 1.54) is 19.2 Å². The monoisotopic (exact) mass is 522 g/mol. The SMILES string of the molecule is COc1ccc(C(CNC(=O)CC(c2ccc(O)c(OC)c2)c2oc(C)cc(=O)c2O)N2CCCC2)cc1. The van der Waals surface area contributed by atoms with Crippen molar-refractivity contribution in [3.05, 3.63) is 81.4 Å². The molecule has 3 aromatic rings. The highest BCUT2D eigenvalue weighted by molar-refractivity contribution is 5.77. The van der Waals surface area contributed by atoms with Crippen LogP contribution >= 0.6 is 0 Å². The number of phenolic OH excluding ortho intramolecular Hbond substituents is 1. The average molecular weight is 523 g/mol. The summed E-state index contributed by atoms with van der Waals surface area (Å²) in [6, 6.07) is 13.7. The van der Waals surface area contributed by atoms with E-state index in [4.69, 9.17) is 13.9 Å². The average Bonchev–Trinajstić information content (AvgIpc) is 3.45. The molecule has 2 atom stereocenters. The third-order valence-corrected chi connectivity index (χ3v) is 6.96. The van der Waals surface area contributed by atoms with E-state index in [-0.39, 0.29) is 35.6 Å². The van der Waals surface area contributed by atoms with Crippen LogP contribution in [-0.2, 0) is 4.79 Å². The number of nitrogens with one attached hydrogen (secondary N) is 1. The van der Waals surface area contributed by atoms with Crippen LogP contribution in [-0.4, -0.2) is 54.9 Å². The zero-order valence-corrected chi connectivity index (χ0v) is 21.9. The summed E-state index contributed by atoms with van der Waals surface area (Å²) >= 11 is 0. The molecule has 2 aromatic carbocycles. The smallest absolute Gasteiger partial charge is 0.227 e. The summed E-state index contributed by atoms with van der Waals surface area (Å²) in [6.45, 7) is 3.89. The lowest BCUT2D eigenvalue weighted by molar-refractivity contribution is -0.121. The quantitative estimate of drug-likeness (QED) is 0.367. The fraction of sp³-hybridized carbons (Fsp3) is 0.379. The zero-order valence-electron chi connectivity index (χ0n) is 21.9. The number of phenols is 1. The van der Waals surface area contributed by atoms with E-state index >= 15 is 0 Å². The topological polar surface area (TPSA) is 121 Å². The Hall–Kier alpha value is -3.98. The second kappa shape index (κ2) is 12.0. The predicted octanol–water partition coefficient (Wildman–Crippen LogP) is 3.85. The van der Waals surface area contributed by atoms with Gasteiger partial charge in [0.05, 0.1) is 26.2 Å². The van der Waals surface area contributed by atoms with Crippen LogP contribution in [0.2, 0.25) is 0 Å². The standard InChI is InChI=1S/C29H34N2O7/c1-18-14-25(33)28(35)29(38-18)22(20-8-11-24(32)26(15-20)37-3)16-27(34)30-17-23(31-12-4-5-13-31)19-6-9-21(36-2)10-7-19/h6-11,14-15,22-23,32,35H,4-5,12-13,16-17H2,1-3H3,(H,30,34). The molecule has 0 bridgehead atoms. The number of hydrogen-bond donors (Lipinski definition) is 3. The molecule has 3 N–H and O–H groups in total. The van der Waals surface area contributed by atoms with Crippen molar-refractivity contribution >= 4 is 5.91 Å². The molecular formula is C29H34N2O7. The van der Waals surface area contributed by atoms with Gasteiger partial charge in [-0.05, 0) is 68.2 Å². The molecule has 1 amide bonds.